The zero-order valence-electron chi connectivity index (χ0n) is 18.0. The fourth-order valence-corrected chi connectivity index (χ4v) is 7.87. The van der Waals surface area contributed by atoms with Crippen molar-refractivity contribution in [1.29, 1.82) is 0 Å². The molecule has 3 fully saturated rings. The Morgan fingerprint density at radius 3 is 2.43 bits per heavy atom. The van der Waals surface area contributed by atoms with Gasteiger partial charge in [0.1, 0.15) is 10.7 Å². The molecule has 7 heteroatoms. The van der Waals surface area contributed by atoms with Gasteiger partial charge in [-0.05, 0) is 56.7 Å². The van der Waals surface area contributed by atoms with Gasteiger partial charge in [0, 0.05) is 12.5 Å². The third kappa shape index (κ3) is 1.93. The SMILES string of the molecule is COC12OCC3(C)C4CCC(C)C4(C=C(OS(=O)(=O)c4ccc(C)cc4)C13C)C2=O. The largest absolute Gasteiger partial charge is 0.383 e. The van der Waals surface area contributed by atoms with Crippen LogP contribution in [-0.4, -0.2) is 33.7 Å². The second kappa shape index (κ2) is 5.75. The minimum absolute atomic E-state index is 0.0519. The number of ketones is 1. The number of rotatable bonds is 4. The lowest BCUT2D eigenvalue weighted by Crippen LogP contribution is -2.72. The topological polar surface area (TPSA) is 78.9 Å². The van der Waals surface area contributed by atoms with Gasteiger partial charge in [-0.15, -0.1) is 0 Å². The van der Waals surface area contributed by atoms with Gasteiger partial charge in [-0.2, -0.15) is 8.42 Å². The highest BCUT2D eigenvalue weighted by molar-refractivity contribution is 7.86. The van der Waals surface area contributed by atoms with Crippen molar-refractivity contribution in [3.05, 3.63) is 41.7 Å². The van der Waals surface area contributed by atoms with E-state index in [2.05, 4.69) is 13.8 Å². The van der Waals surface area contributed by atoms with Gasteiger partial charge < -0.3 is 13.7 Å². The molecule has 1 aromatic rings. The molecule has 5 aliphatic rings. The first-order valence-corrected chi connectivity index (χ1v) is 11.9. The van der Waals surface area contributed by atoms with Gasteiger partial charge in [0.05, 0.1) is 17.4 Å². The van der Waals surface area contributed by atoms with E-state index >= 15 is 0 Å². The number of aryl methyl sites for hydroxylation is 1. The second-order valence-electron chi connectivity index (χ2n) is 9.80. The molecular formula is C23H28O6S. The minimum atomic E-state index is -4.08. The number of carbonyl (C=O) groups excluding carboxylic acids is 1. The van der Waals surface area contributed by atoms with Crippen molar-refractivity contribution in [2.24, 2.45) is 28.1 Å². The molecule has 6 rings (SSSR count). The molecule has 0 radical (unpaired) electrons. The first kappa shape index (κ1) is 20.2. The van der Waals surface area contributed by atoms with Crippen LogP contribution in [0.1, 0.15) is 39.2 Å². The van der Waals surface area contributed by atoms with E-state index < -0.39 is 32.2 Å². The van der Waals surface area contributed by atoms with E-state index in [-0.39, 0.29) is 28.3 Å². The van der Waals surface area contributed by atoms with Crippen molar-refractivity contribution in [3.63, 3.8) is 0 Å². The molecule has 4 aliphatic carbocycles. The summed E-state index contributed by atoms with van der Waals surface area (Å²) in [7, 11) is -2.61. The van der Waals surface area contributed by atoms with E-state index in [1.807, 2.05) is 13.8 Å². The summed E-state index contributed by atoms with van der Waals surface area (Å²) in [6.07, 6.45) is 3.60. The predicted octanol–water partition coefficient (Wildman–Crippen LogP) is 3.60. The molecule has 0 amide bonds. The lowest BCUT2D eigenvalue weighted by molar-refractivity contribution is -0.258. The zero-order valence-corrected chi connectivity index (χ0v) is 18.8. The summed E-state index contributed by atoms with van der Waals surface area (Å²) in [5.74, 6) is -1.24. The zero-order chi connectivity index (χ0) is 21.7. The number of hydrogen-bond acceptors (Lipinski definition) is 6. The average molecular weight is 433 g/mol. The van der Waals surface area contributed by atoms with Crippen molar-refractivity contribution >= 4 is 15.9 Å². The molecule has 0 N–H and O–H groups in total. The summed E-state index contributed by atoms with van der Waals surface area (Å²) in [6.45, 7) is 8.23. The van der Waals surface area contributed by atoms with Crippen LogP contribution in [0.3, 0.4) is 0 Å². The molecule has 4 bridgehead atoms. The molecule has 1 aromatic carbocycles. The third-order valence-electron chi connectivity index (χ3n) is 8.78. The van der Waals surface area contributed by atoms with Crippen LogP contribution in [0.15, 0.2) is 41.0 Å². The number of Topliss-reactive ketones (excluding diaryl/α,β-unsaturated/α-hetero) is 1. The van der Waals surface area contributed by atoms with E-state index in [0.29, 0.717) is 6.61 Å². The first-order valence-electron chi connectivity index (χ1n) is 10.5. The predicted molar refractivity (Wildman–Crippen MR) is 109 cm³/mol. The van der Waals surface area contributed by atoms with Crippen LogP contribution >= 0.6 is 0 Å². The maximum absolute atomic E-state index is 13.9. The van der Waals surface area contributed by atoms with E-state index in [1.54, 1.807) is 18.2 Å². The van der Waals surface area contributed by atoms with Crippen LogP contribution in [0.2, 0.25) is 0 Å². The Morgan fingerprint density at radius 2 is 1.80 bits per heavy atom. The molecule has 2 saturated carbocycles. The Balaban J connectivity index is 1.71. The summed E-state index contributed by atoms with van der Waals surface area (Å²) in [4.78, 5) is 14.0. The number of benzene rings is 1. The number of hydrogen-bond donors (Lipinski definition) is 0. The number of ether oxygens (including phenoxy) is 2. The van der Waals surface area contributed by atoms with Crippen LogP contribution in [0.4, 0.5) is 0 Å². The Kier molecular flexibility index (Phi) is 3.88. The maximum atomic E-state index is 13.9. The average Bonchev–Trinajstić information content (AvgIpc) is 3.13. The Morgan fingerprint density at radius 1 is 1.13 bits per heavy atom. The van der Waals surface area contributed by atoms with Gasteiger partial charge in [0.15, 0.2) is 0 Å². The molecule has 1 heterocycles. The van der Waals surface area contributed by atoms with E-state index in [1.165, 1.54) is 19.2 Å². The molecule has 1 aliphatic heterocycles. The second-order valence-corrected chi connectivity index (χ2v) is 11.4. The van der Waals surface area contributed by atoms with Gasteiger partial charge in [-0.1, -0.05) is 31.5 Å². The summed E-state index contributed by atoms with van der Waals surface area (Å²) < 4.78 is 44.1. The van der Waals surface area contributed by atoms with Gasteiger partial charge in [0.2, 0.25) is 11.6 Å². The molecular weight excluding hydrogens is 404 g/mol. The van der Waals surface area contributed by atoms with E-state index in [0.717, 1.165) is 18.4 Å². The molecule has 6 atom stereocenters. The van der Waals surface area contributed by atoms with Crippen molar-refractivity contribution < 1.29 is 26.9 Å². The molecule has 1 saturated heterocycles. The molecule has 1 spiro atoms. The smallest absolute Gasteiger partial charge is 0.338 e. The van der Waals surface area contributed by atoms with E-state index in [9.17, 15) is 13.2 Å². The number of carbonyl (C=O) groups is 1. The molecule has 162 valence electrons. The standard InChI is InChI=1S/C23H28O6S/c1-14-6-9-16(10-7-14)30(25,26)29-18-12-22-15(2)8-11-17(22)20(3)13-28-23(27-5,19(22)24)21(18,20)4/h6-7,9-10,12,15,17H,8,11,13H2,1-5H3. The molecule has 30 heavy (non-hydrogen) atoms. The molecule has 6 nitrogen and oxygen atoms in total. The van der Waals surface area contributed by atoms with E-state index in [4.69, 9.17) is 13.7 Å². The summed E-state index contributed by atoms with van der Waals surface area (Å²) in [6, 6.07) is 6.55. The highest BCUT2D eigenvalue weighted by Gasteiger charge is 2.86. The summed E-state index contributed by atoms with van der Waals surface area (Å²) in [5.41, 5.74) is -1.40. The van der Waals surface area contributed by atoms with Crippen molar-refractivity contribution in [3.8, 4) is 0 Å². The molecule has 6 unspecified atom stereocenters. The van der Waals surface area contributed by atoms with Gasteiger partial charge in [0.25, 0.3) is 0 Å². The monoisotopic (exact) mass is 432 g/mol. The van der Waals surface area contributed by atoms with Crippen molar-refractivity contribution in [2.75, 3.05) is 13.7 Å². The highest BCUT2D eigenvalue weighted by atomic mass is 32.2. The van der Waals surface area contributed by atoms with Gasteiger partial charge in [-0.25, -0.2) is 0 Å². The summed E-state index contributed by atoms with van der Waals surface area (Å²) >= 11 is 0. The van der Waals surface area contributed by atoms with Gasteiger partial charge in [-0.3, -0.25) is 4.79 Å². The first-order chi connectivity index (χ1) is 14.0. The fourth-order valence-electron chi connectivity index (χ4n) is 6.86. The van der Waals surface area contributed by atoms with Crippen molar-refractivity contribution in [2.45, 2.75) is 51.2 Å². The molecule has 0 aromatic heterocycles. The fraction of sp³-hybridized carbons (Fsp3) is 0.609. The maximum Gasteiger partial charge on any atom is 0.338 e. The Hall–Kier alpha value is -1.70. The third-order valence-corrected chi connectivity index (χ3v) is 10.0. The van der Waals surface area contributed by atoms with Crippen LogP contribution in [0.5, 0.6) is 0 Å². The minimum Gasteiger partial charge on any atom is -0.383 e. The number of allylic oxidation sites excluding steroid dienone is 1. The Bertz CT molecular complexity index is 1080. The highest BCUT2D eigenvalue weighted by Crippen LogP contribution is 2.78. The van der Waals surface area contributed by atoms with Crippen LogP contribution in [0, 0.1) is 35.0 Å². The Labute approximate surface area is 177 Å². The normalized spacial score (nSPS) is 44.2. The lowest BCUT2D eigenvalue weighted by atomic mass is 9.40. The lowest BCUT2D eigenvalue weighted by Gasteiger charge is -2.63. The van der Waals surface area contributed by atoms with Crippen LogP contribution in [0.25, 0.3) is 0 Å². The van der Waals surface area contributed by atoms with Crippen molar-refractivity contribution in [1.82, 2.24) is 0 Å². The van der Waals surface area contributed by atoms with Crippen LogP contribution < -0.4 is 0 Å². The number of methoxy groups -OCH3 is 1. The quantitative estimate of drug-likeness (QED) is 0.677. The summed E-state index contributed by atoms with van der Waals surface area (Å²) in [5, 5.41) is 0. The van der Waals surface area contributed by atoms with Crippen LogP contribution in [-0.2, 0) is 28.6 Å². The van der Waals surface area contributed by atoms with Gasteiger partial charge >= 0.3 is 10.1 Å².